The Kier molecular flexibility index (Phi) is 1.17. The Balaban J connectivity index is 2.11. The lowest BCUT2D eigenvalue weighted by Gasteiger charge is -2.40. The summed E-state index contributed by atoms with van der Waals surface area (Å²) in [5, 5.41) is 0. The molecule has 0 aromatic carbocycles. The first-order valence-electron chi connectivity index (χ1n) is 4.38. The summed E-state index contributed by atoms with van der Waals surface area (Å²) in [5.74, 6) is 1.05. The summed E-state index contributed by atoms with van der Waals surface area (Å²) >= 11 is 0. The van der Waals surface area contributed by atoms with E-state index in [0.29, 0.717) is 5.54 Å². The van der Waals surface area contributed by atoms with Crippen molar-refractivity contribution in [3.63, 3.8) is 0 Å². The molecule has 0 aromatic heterocycles. The Hall–Kier alpha value is -0.0400. The van der Waals surface area contributed by atoms with Crippen molar-refractivity contribution in [3.8, 4) is 0 Å². The van der Waals surface area contributed by atoms with Crippen LogP contribution in [0.15, 0.2) is 0 Å². The van der Waals surface area contributed by atoms with Crippen LogP contribution in [0, 0.1) is 5.92 Å². The summed E-state index contributed by atoms with van der Waals surface area (Å²) in [7, 11) is 0. The van der Waals surface area contributed by atoms with Crippen LogP contribution in [0.5, 0.6) is 0 Å². The van der Waals surface area contributed by atoms with Crippen LogP contribution in [0.2, 0.25) is 0 Å². The van der Waals surface area contributed by atoms with Crippen molar-refractivity contribution in [2.75, 3.05) is 6.54 Å². The van der Waals surface area contributed by atoms with Crippen molar-refractivity contribution in [1.29, 1.82) is 0 Å². The molecule has 0 unspecified atom stereocenters. The molecule has 0 amide bonds. The van der Waals surface area contributed by atoms with Gasteiger partial charge in [-0.1, -0.05) is 0 Å². The summed E-state index contributed by atoms with van der Waals surface area (Å²) in [6.07, 6.45) is 2.93. The third-order valence-electron chi connectivity index (χ3n) is 3.23. The molecule has 10 heavy (non-hydrogen) atoms. The SMILES string of the molecule is CC(C)N1CC2CC1(C)C2. The molecule has 0 spiro atoms. The second-order valence-corrected chi connectivity index (χ2v) is 4.52. The first-order valence-corrected chi connectivity index (χ1v) is 4.38. The molecule has 2 bridgehead atoms. The van der Waals surface area contributed by atoms with Crippen molar-refractivity contribution in [2.45, 2.75) is 45.2 Å². The van der Waals surface area contributed by atoms with E-state index in [4.69, 9.17) is 0 Å². The topological polar surface area (TPSA) is 3.24 Å². The van der Waals surface area contributed by atoms with Gasteiger partial charge in [-0.25, -0.2) is 0 Å². The van der Waals surface area contributed by atoms with E-state index in [9.17, 15) is 0 Å². The first kappa shape index (κ1) is 6.66. The van der Waals surface area contributed by atoms with Gasteiger partial charge in [0.2, 0.25) is 0 Å². The maximum atomic E-state index is 2.66. The van der Waals surface area contributed by atoms with Crippen LogP contribution >= 0.6 is 0 Å². The average molecular weight is 139 g/mol. The van der Waals surface area contributed by atoms with Crippen LogP contribution in [0.25, 0.3) is 0 Å². The van der Waals surface area contributed by atoms with Gasteiger partial charge in [-0.05, 0) is 39.5 Å². The number of nitrogens with zero attached hydrogens (tertiary/aromatic N) is 1. The van der Waals surface area contributed by atoms with Gasteiger partial charge in [0.25, 0.3) is 0 Å². The fourth-order valence-electron chi connectivity index (χ4n) is 2.88. The number of rotatable bonds is 1. The lowest BCUT2D eigenvalue weighted by atomic mass is 9.75. The van der Waals surface area contributed by atoms with E-state index in [0.717, 1.165) is 12.0 Å². The van der Waals surface area contributed by atoms with Crippen LogP contribution in [0.4, 0.5) is 0 Å². The summed E-state index contributed by atoms with van der Waals surface area (Å²) < 4.78 is 0. The highest BCUT2D eigenvalue weighted by Gasteiger charge is 2.52. The summed E-state index contributed by atoms with van der Waals surface area (Å²) in [4.78, 5) is 2.66. The van der Waals surface area contributed by atoms with Gasteiger partial charge in [0.1, 0.15) is 0 Å². The standard InChI is InChI=1S/C9H17N/c1-7(2)10-6-8-4-9(10,3)5-8/h7-8H,4-6H2,1-3H3. The molecule has 3 fully saturated rings. The minimum absolute atomic E-state index is 0.610. The van der Waals surface area contributed by atoms with Crippen LogP contribution in [0.1, 0.15) is 33.6 Å². The molecule has 2 saturated heterocycles. The van der Waals surface area contributed by atoms with Gasteiger partial charge < -0.3 is 0 Å². The maximum absolute atomic E-state index is 2.66. The minimum atomic E-state index is 0.610. The van der Waals surface area contributed by atoms with Gasteiger partial charge in [-0.3, -0.25) is 4.90 Å². The molecule has 2 aliphatic heterocycles. The van der Waals surface area contributed by atoms with E-state index in [1.807, 2.05) is 0 Å². The van der Waals surface area contributed by atoms with Gasteiger partial charge in [-0.15, -0.1) is 0 Å². The summed E-state index contributed by atoms with van der Waals surface area (Å²) in [6, 6.07) is 0.762. The van der Waals surface area contributed by atoms with E-state index in [1.54, 1.807) is 0 Å². The molecule has 0 N–H and O–H groups in total. The highest BCUT2D eigenvalue weighted by atomic mass is 15.3. The molecule has 2 heterocycles. The molecule has 1 nitrogen and oxygen atoms in total. The number of hydrogen-bond acceptors (Lipinski definition) is 1. The Morgan fingerprint density at radius 2 is 2.00 bits per heavy atom. The predicted octanol–water partition coefficient (Wildman–Crippen LogP) is 1.88. The smallest absolute Gasteiger partial charge is 0.0190 e. The molecule has 1 aliphatic carbocycles. The van der Waals surface area contributed by atoms with Gasteiger partial charge >= 0.3 is 0 Å². The summed E-state index contributed by atoms with van der Waals surface area (Å²) in [5.41, 5.74) is 0.610. The molecule has 1 saturated carbocycles. The monoisotopic (exact) mass is 139 g/mol. The lowest BCUT2D eigenvalue weighted by Crippen LogP contribution is -2.45. The minimum Gasteiger partial charge on any atom is -0.295 e. The van der Waals surface area contributed by atoms with Crippen LogP contribution < -0.4 is 0 Å². The van der Waals surface area contributed by atoms with Crippen molar-refractivity contribution >= 4 is 0 Å². The van der Waals surface area contributed by atoms with E-state index >= 15 is 0 Å². The molecule has 0 radical (unpaired) electrons. The Labute approximate surface area is 63.4 Å². The Morgan fingerprint density at radius 3 is 2.20 bits per heavy atom. The second kappa shape index (κ2) is 1.76. The van der Waals surface area contributed by atoms with Gasteiger partial charge in [0.05, 0.1) is 0 Å². The fourth-order valence-corrected chi connectivity index (χ4v) is 2.88. The molecular weight excluding hydrogens is 122 g/mol. The first-order chi connectivity index (χ1) is 4.62. The van der Waals surface area contributed by atoms with Crippen LogP contribution in [0.3, 0.4) is 0 Å². The zero-order valence-corrected chi connectivity index (χ0v) is 7.22. The maximum Gasteiger partial charge on any atom is 0.0190 e. The van der Waals surface area contributed by atoms with Crippen molar-refractivity contribution < 1.29 is 0 Å². The third-order valence-corrected chi connectivity index (χ3v) is 3.23. The molecule has 3 rings (SSSR count). The van der Waals surface area contributed by atoms with Crippen LogP contribution in [-0.2, 0) is 0 Å². The van der Waals surface area contributed by atoms with E-state index in [1.165, 1.54) is 19.4 Å². The van der Waals surface area contributed by atoms with Crippen LogP contribution in [-0.4, -0.2) is 23.0 Å². The zero-order chi connectivity index (χ0) is 7.35. The zero-order valence-electron chi connectivity index (χ0n) is 7.22. The average Bonchev–Trinajstić information content (AvgIpc) is 2.17. The molecule has 3 aliphatic rings. The van der Waals surface area contributed by atoms with Crippen molar-refractivity contribution in [3.05, 3.63) is 0 Å². The summed E-state index contributed by atoms with van der Waals surface area (Å²) in [6.45, 7) is 8.41. The molecule has 0 atom stereocenters. The quantitative estimate of drug-likeness (QED) is 0.536. The predicted molar refractivity (Wildman–Crippen MR) is 43.0 cm³/mol. The molecule has 58 valence electrons. The Morgan fingerprint density at radius 1 is 1.40 bits per heavy atom. The van der Waals surface area contributed by atoms with Crippen molar-refractivity contribution in [1.82, 2.24) is 4.90 Å². The molecule has 0 aromatic rings. The lowest BCUT2D eigenvalue weighted by molar-refractivity contribution is 0.102. The Bertz CT molecular complexity index is 145. The van der Waals surface area contributed by atoms with Crippen molar-refractivity contribution in [2.24, 2.45) is 5.92 Å². The molecule has 1 heteroatoms. The second-order valence-electron chi connectivity index (χ2n) is 4.52. The highest BCUT2D eigenvalue weighted by Crippen LogP contribution is 2.50. The number of fused-ring (bicyclic) bond motifs is 1. The molecular formula is C9H17N. The third kappa shape index (κ3) is 0.672. The van der Waals surface area contributed by atoms with Gasteiger partial charge in [0.15, 0.2) is 0 Å². The largest absolute Gasteiger partial charge is 0.295 e. The van der Waals surface area contributed by atoms with E-state index in [2.05, 4.69) is 25.7 Å². The van der Waals surface area contributed by atoms with E-state index < -0.39 is 0 Å². The normalized spacial score (nSPS) is 46.2. The van der Waals surface area contributed by atoms with Gasteiger partial charge in [0, 0.05) is 18.1 Å². The number of hydrogen-bond donors (Lipinski definition) is 0. The fraction of sp³-hybridized carbons (Fsp3) is 1.00. The van der Waals surface area contributed by atoms with E-state index in [-0.39, 0.29) is 0 Å². The van der Waals surface area contributed by atoms with Gasteiger partial charge in [-0.2, -0.15) is 0 Å². The highest BCUT2D eigenvalue weighted by molar-refractivity contribution is 5.08.